The molecule has 0 radical (unpaired) electrons. The van der Waals surface area contributed by atoms with Crippen molar-refractivity contribution in [2.45, 2.75) is 44.6 Å². The Morgan fingerprint density at radius 3 is 2.38 bits per heavy atom. The van der Waals surface area contributed by atoms with E-state index in [4.69, 9.17) is 5.26 Å². The number of nitriles is 1. The Morgan fingerprint density at radius 1 is 0.958 bits per heavy atom. The van der Waals surface area contributed by atoms with Gasteiger partial charge in [-0.05, 0) is 55.7 Å². The minimum absolute atomic E-state index is 0.537. The van der Waals surface area contributed by atoms with Gasteiger partial charge >= 0.3 is 0 Å². The second-order valence-corrected chi connectivity index (χ2v) is 6.72. The summed E-state index contributed by atoms with van der Waals surface area (Å²) in [7, 11) is 0. The molecule has 3 rings (SSSR count). The van der Waals surface area contributed by atoms with Crippen molar-refractivity contribution in [2.75, 3.05) is 11.4 Å². The van der Waals surface area contributed by atoms with Crippen molar-refractivity contribution >= 4 is 5.69 Å². The lowest BCUT2D eigenvalue weighted by Crippen LogP contribution is -2.45. The largest absolute Gasteiger partial charge is 0.368 e. The molecule has 0 saturated carbocycles. The highest BCUT2D eigenvalue weighted by Crippen LogP contribution is 2.33. The summed E-state index contributed by atoms with van der Waals surface area (Å²) in [6, 6.07) is 24.4. The molecule has 0 amide bonds. The van der Waals surface area contributed by atoms with E-state index in [0.29, 0.717) is 18.4 Å². The molecule has 1 aliphatic heterocycles. The Hall–Kier alpha value is -2.27. The minimum Gasteiger partial charge on any atom is -0.368 e. The molecule has 0 bridgehead atoms. The van der Waals surface area contributed by atoms with Gasteiger partial charge in [0.05, 0.1) is 6.07 Å². The lowest BCUT2D eigenvalue weighted by molar-refractivity contribution is 0.293. The maximum absolute atomic E-state index is 9.01. The first-order valence-electron chi connectivity index (χ1n) is 9.11. The normalized spacial score (nSPS) is 20.5. The van der Waals surface area contributed by atoms with Crippen LogP contribution in [0.5, 0.6) is 0 Å². The fourth-order valence-corrected chi connectivity index (χ4v) is 4.01. The number of piperidine rings is 1. The van der Waals surface area contributed by atoms with Gasteiger partial charge < -0.3 is 4.90 Å². The molecule has 1 saturated heterocycles. The van der Waals surface area contributed by atoms with Crippen LogP contribution in [0, 0.1) is 17.2 Å². The van der Waals surface area contributed by atoms with Crippen molar-refractivity contribution in [1.29, 1.82) is 5.26 Å². The molecule has 124 valence electrons. The number of benzene rings is 2. The Bertz CT molecular complexity index is 645. The first-order valence-corrected chi connectivity index (χ1v) is 9.11. The van der Waals surface area contributed by atoms with Gasteiger partial charge in [-0.1, -0.05) is 48.5 Å². The summed E-state index contributed by atoms with van der Waals surface area (Å²) >= 11 is 0. The summed E-state index contributed by atoms with van der Waals surface area (Å²) in [5.41, 5.74) is 2.74. The smallest absolute Gasteiger partial charge is 0.0621 e. The van der Waals surface area contributed by atoms with Gasteiger partial charge in [0, 0.05) is 24.7 Å². The van der Waals surface area contributed by atoms with Crippen molar-refractivity contribution in [1.82, 2.24) is 0 Å². The Labute approximate surface area is 145 Å². The summed E-state index contributed by atoms with van der Waals surface area (Å²) in [4.78, 5) is 2.59. The molecular formula is C22H26N2. The third-order valence-corrected chi connectivity index (χ3v) is 5.20. The highest BCUT2D eigenvalue weighted by molar-refractivity contribution is 5.47. The van der Waals surface area contributed by atoms with Crippen LogP contribution < -0.4 is 4.90 Å². The van der Waals surface area contributed by atoms with Crippen molar-refractivity contribution in [3.05, 3.63) is 66.2 Å². The van der Waals surface area contributed by atoms with Crippen LogP contribution in [0.4, 0.5) is 5.69 Å². The van der Waals surface area contributed by atoms with E-state index in [1.165, 1.54) is 24.1 Å². The summed E-state index contributed by atoms with van der Waals surface area (Å²) in [5.74, 6) is 0.627. The van der Waals surface area contributed by atoms with Crippen LogP contribution in [0.25, 0.3) is 0 Å². The molecule has 1 heterocycles. The minimum atomic E-state index is 0.537. The molecule has 2 aromatic rings. The van der Waals surface area contributed by atoms with Crippen molar-refractivity contribution < 1.29 is 0 Å². The van der Waals surface area contributed by atoms with Crippen LogP contribution >= 0.6 is 0 Å². The number of nitrogens with zero attached hydrogens (tertiary/aromatic N) is 2. The molecule has 0 spiro atoms. The van der Waals surface area contributed by atoms with E-state index in [2.05, 4.69) is 71.6 Å². The summed E-state index contributed by atoms with van der Waals surface area (Å²) < 4.78 is 0. The van der Waals surface area contributed by atoms with Gasteiger partial charge in [-0.15, -0.1) is 0 Å². The zero-order chi connectivity index (χ0) is 16.6. The first-order chi connectivity index (χ1) is 11.9. The summed E-state index contributed by atoms with van der Waals surface area (Å²) in [5, 5.41) is 9.01. The summed E-state index contributed by atoms with van der Waals surface area (Å²) in [6.07, 6.45) is 6.46. The quantitative estimate of drug-likeness (QED) is 0.731. The second-order valence-electron chi connectivity index (χ2n) is 6.72. The lowest BCUT2D eigenvalue weighted by atomic mass is 9.82. The molecule has 24 heavy (non-hydrogen) atoms. The van der Waals surface area contributed by atoms with Gasteiger partial charge in [-0.2, -0.15) is 5.26 Å². The van der Waals surface area contributed by atoms with Gasteiger partial charge in [-0.25, -0.2) is 0 Å². The van der Waals surface area contributed by atoms with E-state index < -0.39 is 0 Å². The van der Waals surface area contributed by atoms with Crippen LogP contribution in [0.15, 0.2) is 60.7 Å². The molecule has 0 aliphatic carbocycles. The van der Waals surface area contributed by atoms with Gasteiger partial charge in [-0.3, -0.25) is 0 Å². The van der Waals surface area contributed by atoms with Gasteiger partial charge in [0.25, 0.3) is 0 Å². The third-order valence-electron chi connectivity index (χ3n) is 5.20. The fraction of sp³-hybridized carbons (Fsp3) is 0.409. The highest BCUT2D eigenvalue weighted by atomic mass is 15.2. The Morgan fingerprint density at radius 2 is 1.67 bits per heavy atom. The van der Waals surface area contributed by atoms with Gasteiger partial charge in [0.1, 0.15) is 0 Å². The molecule has 2 unspecified atom stereocenters. The number of hydrogen-bond donors (Lipinski definition) is 0. The highest BCUT2D eigenvalue weighted by Gasteiger charge is 2.30. The standard InChI is InChI=1S/C22H26N2/c23-17-7-11-20-12-8-18-24(21-13-5-2-6-14-21)22(20)16-15-19-9-3-1-4-10-19/h1-6,9-10,13-14,20,22H,7-8,11-12,15-16,18H2. The Kier molecular flexibility index (Phi) is 5.90. The van der Waals surface area contributed by atoms with Crippen molar-refractivity contribution in [2.24, 2.45) is 5.92 Å². The number of anilines is 1. The van der Waals surface area contributed by atoms with Gasteiger partial charge in [0.2, 0.25) is 0 Å². The van der Waals surface area contributed by atoms with E-state index >= 15 is 0 Å². The maximum Gasteiger partial charge on any atom is 0.0621 e. The molecular weight excluding hydrogens is 292 g/mol. The monoisotopic (exact) mass is 318 g/mol. The Balaban J connectivity index is 1.76. The van der Waals surface area contributed by atoms with E-state index in [0.717, 1.165) is 25.8 Å². The predicted molar refractivity (Wildman–Crippen MR) is 99.9 cm³/mol. The summed E-state index contributed by atoms with van der Waals surface area (Å²) in [6.45, 7) is 1.13. The topological polar surface area (TPSA) is 27.0 Å². The van der Waals surface area contributed by atoms with Crippen LogP contribution in [0.2, 0.25) is 0 Å². The molecule has 0 aromatic heterocycles. The van der Waals surface area contributed by atoms with Crippen LogP contribution in [-0.2, 0) is 6.42 Å². The average molecular weight is 318 g/mol. The zero-order valence-electron chi connectivity index (χ0n) is 14.3. The number of rotatable bonds is 6. The van der Waals surface area contributed by atoms with Crippen LogP contribution in [0.1, 0.15) is 37.7 Å². The molecule has 2 aromatic carbocycles. The van der Waals surface area contributed by atoms with Crippen molar-refractivity contribution in [3.8, 4) is 6.07 Å². The van der Waals surface area contributed by atoms with Crippen LogP contribution in [0.3, 0.4) is 0 Å². The maximum atomic E-state index is 9.01. The first kappa shape index (κ1) is 16.6. The molecule has 1 fully saturated rings. The molecule has 1 aliphatic rings. The van der Waals surface area contributed by atoms with E-state index in [1.807, 2.05) is 0 Å². The molecule has 2 nitrogen and oxygen atoms in total. The fourth-order valence-electron chi connectivity index (χ4n) is 4.01. The van der Waals surface area contributed by atoms with Gasteiger partial charge in [0.15, 0.2) is 0 Å². The third kappa shape index (κ3) is 4.17. The van der Waals surface area contributed by atoms with E-state index in [9.17, 15) is 0 Å². The molecule has 2 atom stereocenters. The SMILES string of the molecule is N#CCCC1CCCN(c2ccccc2)C1CCc1ccccc1. The van der Waals surface area contributed by atoms with Crippen molar-refractivity contribution in [3.63, 3.8) is 0 Å². The molecule has 0 N–H and O–H groups in total. The predicted octanol–water partition coefficient (Wildman–Crippen LogP) is 5.21. The lowest BCUT2D eigenvalue weighted by Gasteiger charge is -2.43. The number of hydrogen-bond acceptors (Lipinski definition) is 2. The molecule has 2 heteroatoms. The van der Waals surface area contributed by atoms with E-state index in [-0.39, 0.29) is 0 Å². The number of para-hydroxylation sites is 1. The zero-order valence-corrected chi connectivity index (χ0v) is 14.3. The van der Waals surface area contributed by atoms with Crippen LogP contribution in [-0.4, -0.2) is 12.6 Å². The number of aryl methyl sites for hydroxylation is 1. The average Bonchev–Trinajstić information content (AvgIpc) is 2.66. The van der Waals surface area contributed by atoms with E-state index in [1.54, 1.807) is 0 Å². The second kappa shape index (κ2) is 8.55.